The van der Waals surface area contributed by atoms with E-state index in [1.165, 1.54) is 32.1 Å². The lowest BCUT2D eigenvalue weighted by Gasteiger charge is -2.12. The van der Waals surface area contributed by atoms with Gasteiger partial charge in [0.15, 0.2) is 0 Å². The van der Waals surface area contributed by atoms with E-state index < -0.39 is 0 Å². The molecule has 2 aromatic rings. The summed E-state index contributed by atoms with van der Waals surface area (Å²) in [5.41, 5.74) is 3.22. The number of unbranched alkanes of at least 4 members (excludes halogenated alkanes) is 4. The summed E-state index contributed by atoms with van der Waals surface area (Å²) in [6.07, 6.45) is 6.48. The molecule has 2 rings (SSSR count). The number of aromatic nitrogens is 1. The van der Waals surface area contributed by atoms with Gasteiger partial charge in [0.2, 0.25) is 0 Å². The van der Waals surface area contributed by atoms with Gasteiger partial charge in [-0.1, -0.05) is 32.6 Å². The average Bonchev–Trinajstić information content (AvgIpc) is 2.50. The van der Waals surface area contributed by atoms with Crippen LogP contribution in [0.3, 0.4) is 0 Å². The molecule has 0 unspecified atom stereocenters. The third kappa shape index (κ3) is 5.06. The van der Waals surface area contributed by atoms with Gasteiger partial charge in [-0.3, -0.25) is 4.98 Å². The number of fused-ring (bicyclic) bond motifs is 1. The van der Waals surface area contributed by atoms with Gasteiger partial charge in [-0.15, -0.1) is 12.4 Å². The second-order valence-electron chi connectivity index (χ2n) is 5.54. The third-order valence-electron chi connectivity index (χ3n) is 3.74. The van der Waals surface area contributed by atoms with Crippen LogP contribution < -0.4 is 10.1 Å². The van der Waals surface area contributed by atoms with Crippen molar-refractivity contribution in [2.75, 3.05) is 19.0 Å². The number of halogens is 1. The van der Waals surface area contributed by atoms with Gasteiger partial charge in [0.05, 0.1) is 12.6 Å². The Morgan fingerprint density at radius 3 is 2.59 bits per heavy atom. The lowest BCUT2D eigenvalue weighted by atomic mass is 10.1. The molecule has 0 amide bonds. The molecule has 0 fully saturated rings. The molecule has 0 aliphatic carbocycles. The van der Waals surface area contributed by atoms with Crippen LogP contribution in [0.4, 0.5) is 5.69 Å². The number of rotatable bonds is 8. The van der Waals surface area contributed by atoms with Gasteiger partial charge in [-0.2, -0.15) is 0 Å². The largest absolute Gasteiger partial charge is 0.497 e. The molecule has 0 aliphatic heterocycles. The van der Waals surface area contributed by atoms with E-state index in [1.54, 1.807) is 7.11 Å². The van der Waals surface area contributed by atoms with Crippen molar-refractivity contribution in [3.05, 3.63) is 30.0 Å². The molecular formula is C18H27ClN2O. The van der Waals surface area contributed by atoms with Crippen molar-refractivity contribution in [1.29, 1.82) is 0 Å². The molecule has 0 saturated carbocycles. The molecule has 122 valence electrons. The molecule has 0 radical (unpaired) electrons. The highest BCUT2D eigenvalue weighted by Crippen LogP contribution is 2.27. The van der Waals surface area contributed by atoms with Gasteiger partial charge in [-0.05, 0) is 37.6 Å². The SMILES string of the molecule is CCCCCCCNc1cc(C)nc2ccc(OC)cc12.Cl. The van der Waals surface area contributed by atoms with Gasteiger partial charge >= 0.3 is 0 Å². The zero-order valence-electron chi connectivity index (χ0n) is 13.8. The van der Waals surface area contributed by atoms with Gasteiger partial charge in [0.25, 0.3) is 0 Å². The normalized spacial score (nSPS) is 10.3. The monoisotopic (exact) mass is 322 g/mol. The van der Waals surface area contributed by atoms with E-state index >= 15 is 0 Å². The summed E-state index contributed by atoms with van der Waals surface area (Å²) in [6, 6.07) is 8.16. The third-order valence-corrected chi connectivity index (χ3v) is 3.74. The first-order chi connectivity index (χ1) is 10.2. The summed E-state index contributed by atoms with van der Waals surface area (Å²) in [7, 11) is 1.70. The van der Waals surface area contributed by atoms with Crippen LogP contribution in [0, 0.1) is 6.92 Å². The maximum Gasteiger partial charge on any atom is 0.119 e. The second kappa shape index (κ2) is 9.52. The summed E-state index contributed by atoms with van der Waals surface area (Å²) in [4.78, 5) is 4.58. The Kier molecular flexibility index (Phi) is 8.03. The minimum atomic E-state index is 0. The van der Waals surface area contributed by atoms with Crippen LogP contribution in [0.2, 0.25) is 0 Å². The fourth-order valence-electron chi connectivity index (χ4n) is 2.56. The van der Waals surface area contributed by atoms with E-state index in [2.05, 4.69) is 29.4 Å². The van der Waals surface area contributed by atoms with Crippen LogP contribution in [0.5, 0.6) is 5.75 Å². The zero-order valence-corrected chi connectivity index (χ0v) is 14.6. The number of anilines is 1. The molecule has 1 aromatic heterocycles. The number of nitrogens with one attached hydrogen (secondary N) is 1. The first kappa shape index (κ1) is 18.6. The van der Waals surface area contributed by atoms with Crippen LogP contribution >= 0.6 is 12.4 Å². The van der Waals surface area contributed by atoms with Crippen molar-refractivity contribution in [2.45, 2.75) is 46.0 Å². The standard InChI is InChI=1S/C18H26N2O.ClH/c1-4-5-6-7-8-11-19-18-12-14(2)20-17-10-9-15(21-3)13-16(17)18;/h9-10,12-13H,4-8,11H2,1-3H3,(H,19,20);1H. The minimum Gasteiger partial charge on any atom is -0.497 e. The molecule has 1 N–H and O–H groups in total. The average molecular weight is 323 g/mol. The summed E-state index contributed by atoms with van der Waals surface area (Å²) in [5.74, 6) is 0.874. The van der Waals surface area contributed by atoms with E-state index in [1.807, 2.05) is 19.1 Å². The maximum atomic E-state index is 5.32. The smallest absolute Gasteiger partial charge is 0.119 e. The van der Waals surface area contributed by atoms with Crippen LogP contribution in [-0.2, 0) is 0 Å². The zero-order chi connectivity index (χ0) is 15.1. The number of hydrogen-bond acceptors (Lipinski definition) is 3. The Morgan fingerprint density at radius 2 is 1.86 bits per heavy atom. The number of pyridine rings is 1. The molecule has 22 heavy (non-hydrogen) atoms. The van der Waals surface area contributed by atoms with Gasteiger partial charge in [0, 0.05) is 23.3 Å². The summed E-state index contributed by atoms with van der Waals surface area (Å²) in [6.45, 7) is 5.30. The quantitative estimate of drug-likeness (QED) is 0.665. The molecule has 4 heteroatoms. The minimum absolute atomic E-state index is 0. The van der Waals surface area contributed by atoms with E-state index in [9.17, 15) is 0 Å². The summed E-state index contributed by atoms with van der Waals surface area (Å²) >= 11 is 0. The molecule has 0 atom stereocenters. The molecule has 0 bridgehead atoms. The van der Waals surface area contributed by atoms with Gasteiger partial charge in [-0.25, -0.2) is 0 Å². The molecule has 1 aromatic carbocycles. The molecule has 0 saturated heterocycles. The fraction of sp³-hybridized carbons (Fsp3) is 0.500. The Hall–Kier alpha value is -1.48. The van der Waals surface area contributed by atoms with Crippen molar-refractivity contribution in [3.8, 4) is 5.75 Å². The highest BCUT2D eigenvalue weighted by molar-refractivity contribution is 5.92. The lowest BCUT2D eigenvalue weighted by molar-refractivity contribution is 0.415. The second-order valence-corrected chi connectivity index (χ2v) is 5.54. The number of ether oxygens (including phenoxy) is 1. The van der Waals surface area contributed by atoms with E-state index in [0.717, 1.165) is 34.6 Å². The summed E-state index contributed by atoms with van der Waals surface area (Å²) in [5, 5.41) is 4.69. The Morgan fingerprint density at radius 1 is 1.09 bits per heavy atom. The lowest BCUT2D eigenvalue weighted by Crippen LogP contribution is -2.03. The predicted molar refractivity (Wildman–Crippen MR) is 97.5 cm³/mol. The first-order valence-corrected chi connectivity index (χ1v) is 7.94. The van der Waals surface area contributed by atoms with Gasteiger partial charge < -0.3 is 10.1 Å². The van der Waals surface area contributed by atoms with Crippen molar-refractivity contribution in [2.24, 2.45) is 0 Å². The molecular weight excluding hydrogens is 296 g/mol. The molecule has 0 spiro atoms. The molecule has 0 aliphatic rings. The van der Waals surface area contributed by atoms with E-state index in [-0.39, 0.29) is 12.4 Å². The Balaban J connectivity index is 0.00000242. The highest BCUT2D eigenvalue weighted by atomic mass is 35.5. The Labute approximate surface area is 139 Å². The van der Waals surface area contributed by atoms with E-state index in [4.69, 9.17) is 4.74 Å². The van der Waals surface area contributed by atoms with E-state index in [0.29, 0.717) is 0 Å². The number of aryl methyl sites for hydroxylation is 1. The number of methoxy groups -OCH3 is 1. The Bertz CT molecular complexity index is 587. The van der Waals surface area contributed by atoms with Crippen LogP contribution in [-0.4, -0.2) is 18.6 Å². The number of hydrogen-bond donors (Lipinski definition) is 1. The number of benzene rings is 1. The molecule has 3 nitrogen and oxygen atoms in total. The van der Waals surface area contributed by atoms with Crippen molar-refractivity contribution in [3.63, 3.8) is 0 Å². The first-order valence-electron chi connectivity index (χ1n) is 7.94. The van der Waals surface area contributed by atoms with Crippen molar-refractivity contribution >= 4 is 29.0 Å². The van der Waals surface area contributed by atoms with Crippen LogP contribution in [0.25, 0.3) is 10.9 Å². The van der Waals surface area contributed by atoms with Gasteiger partial charge in [0.1, 0.15) is 5.75 Å². The topological polar surface area (TPSA) is 34.2 Å². The number of nitrogens with zero attached hydrogens (tertiary/aromatic N) is 1. The van der Waals surface area contributed by atoms with Crippen molar-refractivity contribution < 1.29 is 4.74 Å². The fourth-order valence-corrected chi connectivity index (χ4v) is 2.56. The van der Waals surface area contributed by atoms with Crippen LogP contribution in [0.1, 0.15) is 44.7 Å². The highest BCUT2D eigenvalue weighted by Gasteiger charge is 2.05. The van der Waals surface area contributed by atoms with Crippen molar-refractivity contribution in [1.82, 2.24) is 4.98 Å². The summed E-state index contributed by atoms with van der Waals surface area (Å²) < 4.78 is 5.32. The van der Waals surface area contributed by atoms with Crippen LogP contribution in [0.15, 0.2) is 24.3 Å². The predicted octanol–water partition coefficient (Wildman–Crippen LogP) is 5.36. The molecule has 1 heterocycles. The maximum absolute atomic E-state index is 5.32.